The molecule has 0 radical (unpaired) electrons. The van der Waals surface area contributed by atoms with E-state index < -0.39 is 30.1 Å². The van der Waals surface area contributed by atoms with Gasteiger partial charge in [-0.1, -0.05) is 30.3 Å². The lowest BCUT2D eigenvalue weighted by Crippen LogP contribution is -2.12. The van der Waals surface area contributed by atoms with Gasteiger partial charge in [0, 0.05) is 35.3 Å². The van der Waals surface area contributed by atoms with E-state index in [0.717, 1.165) is 23.7 Å². The highest BCUT2D eigenvalue weighted by Crippen LogP contribution is 2.29. The number of benzene rings is 2. The van der Waals surface area contributed by atoms with Gasteiger partial charge in [0.05, 0.1) is 18.1 Å². The molecule has 5 nitrogen and oxygen atoms in total. The zero-order valence-corrected chi connectivity index (χ0v) is 16.2. The van der Waals surface area contributed by atoms with Gasteiger partial charge in [-0.25, -0.2) is 4.79 Å². The van der Waals surface area contributed by atoms with E-state index in [-0.39, 0.29) is 12.0 Å². The number of esters is 1. The van der Waals surface area contributed by atoms with Crippen LogP contribution in [0.3, 0.4) is 0 Å². The maximum absolute atomic E-state index is 12.7. The average Bonchev–Trinajstić information content (AvgIpc) is 3.13. The number of nitrogens with zero attached hydrogens (tertiary/aromatic N) is 2. The van der Waals surface area contributed by atoms with Crippen molar-refractivity contribution in [3.8, 4) is 6.07 Å². The molecule has 0 saturated carbocycles. The summed E-state index contributed by atoms with van der Waals surface area (Å²) < 4.78 is 45.0. The summed E-state index contributed by atoms with van der Waals surface area (Å²) in [7, 11) is 0. The monoisotopic (exact) mass is 426 g/mol. The van der Waals surface area contributed by atoms with Gasteiger partial charge in [-0.15, -0.1) is 0 Å². The second-order valence-corrected chi connectivity index (χ2v) is 6.65. The minimum atomic E-state index is -4.48. The first-order valence-electron chi connectivity index (χ1n) is 9.29. The smallest absolute Gasteiger partial charge is 0.416 e. The van der Waals surface area contributed by atoms with Crippen LogP contribution in [-0.2, 0) is 22.3 Å². The number of aryl methyl sites for hydroxylation is 1. The Bertz CT molecular complexity index is 1190. The molecule has 0 fully saturated rings. The number of fused-ring (bicyclic) bond motifs is 1. The Balaban J connectivity index is 1.67. The molecule has 3 rings (SSSR count). The fourth-order valence-corrected chi connectivity index (χ4v) is 3.07. The summed E-state index contributed by atoms with van der Waals surface area (Å²) >= 11 is 0. The molecular formula is C23H17F3N2O3. The number of carbonyl (C=O) groups is 2. The lowest BCUT2D eigenvalue weighted by molar-refractivity contribution is -0.138. The Hall–Kier alpha value is -3.86. The molecule has 1 heterocycles. The highest BCUT2D eigenvalue weighted by Gasteiger charge is 2.30. The third-order valence-electron chi connectivity index (χ3n) is 4.52. The summed E-state index contributed by atoms with van der Waals surface area (Å²) in [6.07, 6.45) is -0.420. The lowest BCUT2D eigenvalue weighted by atomic mass is 10.1. The van der Waals surface area contributed by atoms with Crippen molar-refractivity contribution < 1.29 is 27.5 Å². The number of aromatic nitrogens is 1. The lowest BCUT2D eigenvalue weighted by Gasteiger charge is -2.06. The first-order chi connectivity index (χ1) is 14.8. The zero-order chi connectivity index (χ0) is 22.4. The van der Waals surface area contributed by atoms with Crippen LogP contribution in [0.4, 0.5) is 13.2 Å². The van der Waals surface area contributed by atoms with Gasteiger partial charge in [-0.3, -0.25) is 4.79 Å². The van der Waals surface area contributed by atoms with Crippen molar-refractivity contribution in [3.63, 3.8) is 0 Å². The number of carbonyl (C=O) groups excluding carboxylic acids is 2. The summed E-state index contributed by atoms with van der Waals surface area (Å²) in [6, 6.07) is 13.7. The Kier molecular flexibility index (Phi) is 6.55. The van der Waals surface area contributed by atoms with Gasteiger partial charge in [-0.05, 0) is 29.8 Å². The molecule has 0 unspecified atom stereocenters. The third-order valence-corrected chi connectivity index (χ3v) is 4.52. The summed E-state index contributed by atoms with van der Waals surface area (Å²) in [5.41, 5.74) is 0.504. The molecule has 0 saturated heterocycles. The van der Waals surface area contributed by atoms with Crippen LogP contribution in [0.25, 0.3) is 17.0 Å². The number of halogens is 3. The molecule has 0 bridgehead atoms. The van der Waals surface area contributed by atoms with Gasteiger partial charge in [0.1, 0.15) is 0 Å². The van der Waals surface area contributed by atoms with Crippen LogP contribution < -0.4 is 0 Å². The molecular weight excluding hydrogens is 409 g/mol. The van der Waals surface area contributed by atoms with E-state index in [1.807, 2.05) is 12.1 Å². The average molecular weight is 426 g/mol. The third kappa shape index (κ3) is 5.39. The van der Waals surface area contributed by atoms with Crippen molar-refractivity contribution in [2.45, 2.75) is 19.1 Å². The number of nitriles is 1. The number of alkyl halides is 3. The van der Waals surface area contributed by atoms with Gasteiger partial charge in [0.25, 0.3) is 0 Å². The SMILES string of the molecule is N#CCCn1cc(C(=O)COC(=O)/C=C/c2cccc(C(F)(F)F)c2)c2ccccc21. The first kappa shape index (κ1) is 21.8. The van der Waals surface area contributed by atoms with E-state index in [4.69, 9.17) is 10.00 Å². The van der Waals surface area contributed by atoms with Crippen LogP contribution in [0, 0.1) is 11.3 Å². The Morgan fingerprint density at radius 3 is 2.65 bits per heavy atom. The van der Waals surface area contributed by atoms with Crippen molar-refractivity contribution in [2.24, 2.45) is 0 Å². The standard InChI is InChI=1S/C23H17F3N2O3/c24-23(25,26)17-6-3-5-16(13-17)9-10-22(30)31-15-21(29)19-14-28(12-4-11-27)20-8-2-1-7-18(19)20/h1-3,5-10,13-14H,4,12,15H2/b10-9+. The number of rotatable bonds is 7. The first-order valence-corrected chi connectivity index (χ1v) is 9.29. The van der Waals surface area contributed by atoms with E-state index in [9.17, 15) is 22.8 Å². The quantitative estimate of drug-likeness (QED) is 0.302. The summed E-state index contributed by atoms with van der Waals surface area (Å²) in [5.74, 6) is -1.27. The van der Waals surface area contributed by atoms with Gasteiger partial charge >= 0.3 is 12.1 Å². The number of ether oxygens (including phenoxy) is 1. The minimum Gasteiger partial charge on any atom is -0.454 e. The van der Waals surface area contributed by atoms with Gasteiger partial charge in [-0.2, -0.15) is 18.4 Å². The van der Waals surface area contributed by atoms with Crippen LogP contribution in [0.15, 0.2) is 60.8 Å². The topological polar surface area (TPSA) is 72.1 Å². The molecule has 0 aliphatic heterocycles. The van der Waals surface area contributed by atoms with Crippen molar-refractivity contribution in [2.75, 3.05) is 6.61 Å². The molecule has 2 aromatic carbocycles. The highest BCUT2D eigenvalue weighted by molar-refractivity contribution is 6.09. The van der Waals surface area contributed by atoms with Crippen LogP contribution in [0.2, 0.25) is 0 Å². The maximum atomic E-state index is 12.7. The predicted octanol–water partition coefficient (Wildman–Crippen LogP) is 5.01. The van der Waals surface area contributed by atoms with Crippen LogP contribution in [-0.4, -0.2) is 22.9 Å². The molecule has 0 aliphatic rings. The normalized spacial score (nSPS) is 11.5. The minimum absolute atomic E-state index is 0.179. The number of ketones is 1. The molecule has 0 N–H and O–H groups in total. The number of hydrogen-bond donors (Lipinski definition) is 0. The van der Waals surface area contributed by atoms with Crippen LogP contribution in [0.1, 0.15) is 27.9 Å². The van der Waals surface area contributed by atoms with Gasteiger partial charge in [0.15, 0.2) is 6.61 Å². The number of hydrogen-bond acceptors (Lipinski definition) is 4. The highest BCUT2D eigenvalue weighted by atomic mass is 19.4. The maximum Gasteiger partial charge on any atom is 0.416 e. The summed E-state index contributed by atoms with van der Waals surface area (Å²) in [6.45, 7) is -0.0954. The van der Waals surface area contributed by atoms with Crippen molar-refractivity contribution in [1.82, 2.24) is 4.57 Å². The van der Waals surface area contributed by atoms with Crippen LogP contribution in [0.5, 0.6) is 0 Å². The fraction of sp³-hybridized carbons (Fsp3) is 0.174. The molecule has 0 spiro atoms. The number of para-hydroxylation sites is 1. The van der Waals surface area contributed by atoms with E-state index in [1.54, 1.807) is 22.9 Å². The van der Waals surface area contributed by atoms with E-state index >= 15 is 0 Å². The Morgan fingerprint density at radius 2 is 1.90 bits per heavy atom. The zero-order valence-electron chi connectivity index (χ0n) is 16.2. The van der Waals surface area contributed by atoms with Crippen molar-refractivity contribution in [1.29, 1.82) is 5.26 Å². The molecule has 0 aliphatic carbocycles. The Labute approximate surface area is 176 Å². The second kappa shape index (κ2) is 9.30. The molecule has 3 aromatic rings. The summed E-state index contributed by atoms with van der Waals surface area (Å²) in [5, 5.41) is 9.48. The molecule has 8 heteroatoms. The van der Waals surface area contributed by atoms with Gasteiger partial charge in [0.2, 0.25) is 5.78 Å². The van der Waals surface area contributed by atoms with Crippen molar-refractivity contribution >= 4 is 28.7 Å². The molecule has 0 atom stereocenters. The van der Waals surface area contributed by atoms with Gasteiger partial charge < -0.3 is 9.30 Å². The van der Waals surface area contributed by atoms with E-state index in [0.29, 0.717) is 17.5 Å². The molecule has 0 amide bonds. The van der Waals surface area contributed by atoms with Crippen molar-refractivity contribution in [3.05, 3.63) is 77.5 Å². The predicted molar refractivity (Wildman–Crippen MR) is 108 cm³/mol. The molecule has 31 heavy (non-hydrogen) atoms. The second-order valence-electron chi connectivity index (χ2n) is 6.65. The van der Waals surface area contributed by atoms with E-state index in [2.05, 4.69) is 6.07 Å². The van der Waals surface area contributed by atoms with E-state index in [1.165, 1.54) is 18.2 Å². The molecule has 158 valence electrons. The molecule has 1 aromatic heterocycles. The number of Topliss-reactive ketones (excluding diaryl/α,β-unsaturated/α-hetero) is 1. The largest absolute Gasteiger partial charge is 0.454 e. The Morgan fingerprint density at radius 1 is 1.13 bits per heavy atom. The summed E-state index contributed by atoms with van der Waals surface area (Å²) in [4.78, 5) is 24.5. The fourth-order valence-electron chi connectivity index (χ4n) is 3.07. The van der Waals surface area contributed by atoms with Crippen LogP contribution >= 0.6 is 0 Å².